The number of aliphatic carboxylic acids is 1. The van der Waals surface area contributed by atoms with Crippen LogP contribution in [-0.4, -0.2) is 55.3 Å². The van der Waals surface area contributed by atoms with Gasteiger partial charge in [0.2, 0.25) is 0 Å². The van der Waals surface area contributed by atoms with Crippen LogP contribution in [0, 0.1) is 20.8 Å². The van der Waals surface area contributed by atoms with Crippen molar-refractivity contribution in [2.24, 2.45) is 0 Å². The number of unbranched alkanes of at least 4 members (excludes halogenated alkanes) is 8. The third kappa shape index (κ3) is 8.52. The van der Waals surface area contributed by atoms with E-state index in [0.29, 0.717) is 41.8 Å². The molecule has 2 aliphatic rings. The van der Waals surface area contributed by atoms with Crippen LogP contribution < -0.4 is 0 Å². The molecule has 5 heterocycles. The van der Waals surface area contributed by atoms with E-state index in [1.54, 1.807) is 0 Å². The number of aromatic amines is 2. The maximum Gasteiger partial charge on any atom is 0.338 e. The number of ether oxygens (including phenoxy) is 1. The van der Waals surface area contributed by atoms with Crippen LogP contribution in [0.4, 0.5) is 0 Å². The average molecular weight is 711 g/mol. The van der Waals surface area contributed by atoms with Crippen molar-refractivity contribution in [3.05, 3.63) is 68.8 Å². The smallest absolute Gasteiger partial charge is 0.338 e. The van der Waals surface area contributed by atoms with Crippen LogP contribution in [0.25, 0.3) is 33.2 Å². The van der Waals surface area contributed by atoms with Crippen molar-refractivity contribution < 1.29 is 24.5 Å². The van der Waals surface area contributed by atoms with Crippen molar-refractivity contribution in [3.8, 4) is 0 Å². The number of aromatic carboxylic acids is 1. The van der Waals surface area contributed by atoms with Gasteiger partial charge in [-0.05, 0) is 93.0 Å². The molecule has 0 unspecified atom stereocenters. The van der Waals surface area contributed by atoms with Crippen LogP contribution in [0.3, 0.4) is 0 Å². The van der Waals surface area contributed by atoms with Gasteiger partial charge in [-0.25, -0.2) is 9.78 Å². The molecule has 9 heteroatoms. The summed E-state index contributed by atoms with van der Waals surface area (Å²) in [6, 6.07) is 6.15. The Hall–Kier alpha value is -4.24. The van der Waals surface area contributed by atoms with Gasteiger partial charge in [0.1, 0.15) is 0 Å². The lowest BCUT2D eigenvalue weighted by Crippen LogP contribution is -2.07. The Kier molecular flexibility index (Phi) is 13.1. The van der Waals surface area contributed by atoms with Crippen LogP contribution in [0.1, 0.15) is 166 Å². The number of rotatable bonds is 17. The normalized spacial score (nSPS) is 15.8. The summed E-state index contributed by atoms with van der Waals surface area (Å²) >= 11 is 0. The first kappa shape index (κ1) is 39.0. The maximum atomic E-state index is 12.7. The van der Waals surface area contributed by atoms with Crippen LogP contribution in [-0.2, 0) is 16.0 Å². The van der Waals surface area contributed by atoms with Gasteiger partial charge in [-0.2, -0.15) is 0 Å². The highest BCUT2D eigenvalue weighted by atomic mass is 16.5. The number of carboxylic acid groups (broad SMARTS) is 2. The molecule has 0 radical (unpaired) electrons. The molecule has 9 nitrogen and oxygen atoms in total. The summed E-state index contributed by atoms with van der Waals surface area (Å²) in [4.78, 5) is 41.8. The lowest BCUT2D eigenvalue weighted by Gasteiger charge is -2.16. The minimum absolute atomic E-state index is 0.00948. The molecular weight excluding hydrogens is 652 g/mol. The van der Waals surface area contributed by atoms with Gasteiger partial charge in [0.25, 0.3) is 0 Å². The number of nitrogens with zero attached hydrogens (tertiary/aromatic N) is 2. The van der Waals surface area contributed by atoms with Crippen molar-refractivity contribution in [2.45, 2.75) is 137 Å². The van der Waals surface area contributed by atoms with E-state index in [2.05, 4.69) is 50.7 Å². The van der Waals surface area contributed by atoms with Gasteiger partial charge in [-0.1, -0.05) is 72.1 Å². The zero-order valence-corrected chi connectivity index (χ0v) is 32.3. The SMILES string of the molecule is CCCCCCCCCCCOCC1=C(C)c2cc3nc(c(C)c4[nH]c(cc5[nH]c(cc1n2)c(C)c5CC)c(C)c4C(=O)O)[C@@H](CCC(=O)O)[C@@H]3C. The first-order valence-electron chi connectivity index (χ1n) is 19.4. The molecule has 0 saturated carbocycles. The van der Waals surface area contributed by atoms with E-state index in [-0.39, 0.29) is 23.8 Å². The number of hydrogen-bond donors (Lipinski definition) is 4. The number of carboxylic acids is 2. The van der Waals surface area contributed by atoms with Crippen LogP contribution in [0.15, 0.2) is 18.2 Å². The van der Waals surface area contributed by atoms with Crippen molar-refractivity contribution in [1.29, 1.82) is 0 Å². The molecular formula is C43H58N4O5. The van der Waals surface area contributed by atoms with E-state index in [9.17, 15) is 19.8 Å². The molecule has 0 saturated heterocycles. The van der Waals surface area contributed by atoms with E-state index in [1.165, 1.54) is 51.4 Å². The summed E-state index contributed by atoms with van der Waals surface area (Å²) in [5.74, 6) is -2.18. The topological polar surface area (TPSA) is 141 Å². The molecule has 0 spiro atoms. The summed E-state index contributed by atoms with van der Waals surface area (Å²) in [6.45, 7) is 15.6. The molecule has 52 heavy (non-hydrogen) atoms. The Labute approximate surface area is 308 Å². The van der Waals surface area contributed by atoms with E-state index >= 15 is 0 Å². The fourth-order valence-corrected chi connectivity index (χ4v) is 7.97. The average Bonchev–Trinajstić information content (AvgIpc) is 3.79. The highest BCUT2D eigenvalue weighted by Gasteiger charge is 2.32. The van der Waals surface area contributed by atoms with Crippen LogP contribution >= 0.6 is 0 Å². The molecule has 0 aromatic carbocycles. The molecule has 0 fully saturated rings. The molecule has 4 N–H and O–H groups in total. The number of allylic oxidation sites excluding steroid dienone is 1. The number of fused-ring (bicyclic) bond motifs is 8. The Bertz CT molecular complexity index is 1980. The van der Waals surface area contributed by atoms with Gasteiger partial charge >= 0.3 is 11.9 Å². The quantitative estimate of drug-likeness (QED) is 0.102. The minimum Gasteiger partial charge on any atom is -0.481 e. The molecule has 5 rings (SSSR count). The van der Waals surface area contributed by atoms with Gasteiger partial charge in [0.15, 0.2) is 0 Å². The predicted octanol–water partition coefficient (Wildman–Crippen LogP) is 10.7. The Morgan fingerprint density at radius 2 is 1.46 bits per heavy atom. The maximum absolute atomic E-state index is 12.7. The number of aryl methyl sites for hydroxylation is 4. The summed E-state index contributed by atoms with van der Waals surface area (Å²) in [6.07, 6.45) is 12.6. The second-order valence-electron chi connectivity index (χ2n) is 14.8. The van der Waals surface area contributed by atoms with E-state index < -0.39 is 11.9 Å². The molecule has 3 aromatic rings. The summed E-state index contributed by atoms with van der Waals surface area (Å²) in [7, 11) is 0. The summed E-state index contributed by atoms with van der Waals surface area (Å²) in [5.41, 5.74) is 12.2. The second kappa shape index (κ2) is 17.5. The van der Waals surface area contributed by atoms with Crippen molar-refractivity contribution in [2.75, 3.05) is 13.2 Å². The molecule has 3 aromatic heterocycles. The first-order valence-corrected chi connectivity index (χ1v) is 19.4. The lowest BCUT2D eigenvalue weighted by atomic mass is 9.85. The highest BCUT2D eigenvalue weighted by molar-refractivity contribution is 6.02. The molecule has 2 aliphatic heterocycles. The molecule has 0 amide bonds. The van der Waals surface area contributed by atoms with Gasteiger partial charge in [0.05, 0.1) is 29.1 Å². The molecule has 0 aliphatic carbocycles. The van der Waals surface area contributed by atoms with Gasteiger partial charge in [-0.3, -0.25) is 9.78 Å². The van der Waals surface area contributed by atoms with Crippen LogP contribution in [0.5, 0.6) is 0 Å². The van der Waals surface area contributed by atoms with Gasteiger partial charge < -0.3 is 24.9 Å². The highest BCUT2D eigenvalue weighted by Crippen LogP contribution is 2.42. The van der Waals surface area contributed by atoms with E-state index in [1.807, 2.05) is 26.0 Å². The summed E-state index contributed by atoms with van der Waals surface area (Å²) in [5, 5.41) is 20.0. The first-order chi connectivity index (χ1) is 25.0. The zero-order chi connectivity index (χ0) is 37.5. The Balaban J connectivity index is 1.61. The third-order valence-electron chi connectivity index (χ3n) is 11.3. The number of aromatic nitrogens is 4. The Morgan fingerprint density at radius 1 is 0.788 bits per heavy atom. The second-order valence-corrected chi connectivity index (χ2v) is 14.8. The fraction of sp³-hybridized carbons (Fsp3) is 0.535. The third-order valence-corrected chi connectivity index (χ3v) is 11.3. The Morgan fingerprint density at radius 3 is 2.12 bits per heavy atom. The van der Waals surface area contributed by atoms with Crippen molar-refractivity contribution in [3.63, 3.8) is 0 Å². The molecule has 2 atom stereocenters. The minimum atomic E-state index is -1.02. The standard InChI is InChI=1S/C43H58N4O5/c1-8-10-11-12-13-14-15-16-17-20-52-24-32-27(5)33-21-35-26(4)31(18-19-39(48)49)41(46-35)29(7)42-40(43(50)51)28(6)36(47-42)23-37-30(9-2)25(3)34(44-37)22-38(32)45-33/h21-23,26,31,44,47H,8-20,24H2,1-7H3,(H,48,49)(H,50,51)/t26-,31-/m0/s1. The lowest BCUT2D eigenvalue weighted by molar-refractivity contribution is -0.137. The predicted molar refractivity (Wildman–Crippen MR) is 210 cm³/mol. The largest absolute Gasteiger partial charge is 0.481 e. The van der Waals surface area contributed by atoms with E-state index in [0.717, 1.165) is 68.9 Å². The number of H-pyrrole nitrogens is 2. The van der Waals surface area contributed by atoms with Gasteiger partial charge in [0, 0.05) is 58.4 Å². The van der Waals surface area contributed by atoms with Crippen LogP contribution in [0.2, 0.25) is 0 Å². The zero-order valence-electron chi connectivity index (χ0n) is 32.3. The van der Waals surface area contributed by atoms with Crippen molar-refractivity contribution in [1.82, 2.24) is 19.9 Å². The van der Waals surface area contributed by atoms with E-state index in [4.69, 9.17) is 14.7 Å². The molecule has 8 bridgehead atoms. The van der Waals surface area contributed by atoms with Crippen molar-refractivity contribution >= 4 is 45.2 Å². The number of hydrogen-bond acceptors (Lipinski definition) is 5. The molecule has 280 valence electrons. The fourth-order valence-electron chi connectivity index (χ4n) is 7.97. The monoisotopic (exact) mass is 710 g/mol. The summed E-state index contributed by atoms with van der Waals surface area (Å²) < 4.78 is 6.31. The number of nitrogens with one attached hydrogen (secondary N) is 2. The van der Waals surface area contributed by atoms with Gasteiger partial charge in [-0.15, -0.1) is 0 Å². The number of carbonyl (C=O) groups is 2.